The molecule has 0 aromatic heterocycles. The molecule has 32 heavy (non-hydrogen) atoms. The predicted molar refractivity (Wildman–Crippen MR) is 125 cm³/mol. The zero-order chi connectivity index (χ0) is 23.4. The van der Waals surface area contributed by atoms with Gasteiger partial charge in [0.2, 0.25) is 26.0 Å². The standard InChI is InChI=1S/C21H26BrN3O5S2/c1-16-4-8-19(9-5-16)31(27,28)24-13-12-23-21(26)17-3-2-14-25(15-17)32(29,30)20-10-6-18(22)7-11-20/h4-11,17,24H,2-3,12-15H2,1H3,(H,23,26)/t17-/m0/s1. The first-order valence-corrected chi connectivity index (χ1v) is 13.9. The minimum Gasteiger partial charge on any atom is -0.355 e. The van der Waals surface area contributed by atoms with Gasteiger partial charge in [0, 0.05) is 30.7 Å². The molecule has 0 bridgehead atoms. The molecule has 0 aliphatic carbocycles. The third kappa shape index (κ3) is 6.16. The summed E-state index contributed by atoms with van der Waals surface area (Å²) in [5.74, 6) is -0.766. The summed E-state index contributed by atoms with van der Waals surface area (Å²) in [5.41, 5.74) is 0.958. The molecule has 1 saturated heterocycles. The highest BCUT2D eigenvalue weighted by molar-refractivity contribution is 9.10. The van der Waals surface area contributed by atoms with E-state index in [1.165, 1.54) is 28.6 Å². The molecule has 1 amide bonds. The number of carbonyl (C=O) groups excluding carboxylic acids is 1. The normalized spacial score (nSPS) is 17.8. The van der Waals surface area contributed by atoms with Crippen molar-refractivity contribution in [2.24, 2.45) is 5.92 Å². The number of aryl methyl sites for hydroxylation is 1. The first-order valence-electron chi connectivity index (χ1n) is 10.2. The van der Waals surface area contributed by atoms with Gasteiger partial charge in [-0.3, -0.25) is 4.79 Å². The van der Waals surface area contributed by atoms with Crippen molar-refractivity contribution in [1.82, 2.24) is 14.3 Å². The Labute approximate surface area is 197 Å². The van der Waals surface area contributed by atoms with E-state index in [1.54, 1.807) is 24.3 Å². The van der Waals surface area contributed by atoms with Gasteiger partial charge in [-0.2, -0.15) is 4.31 Å². The quantitative estimate of drug-likeness (QED) is 0.496. The van der Waals surface area contributed by atoms with Crippen LogP contribution in [0.4, 0.5) is 0 Å². The van der Waals surface area contributed by atoms with Gasteiger partial charge in [-0.1, -0.05) is 33.6 Å². The van der Waals surface area contributed by atoms with Crippen molar-refractivity contribution >= 4 is 41.9 Å². The number of rotatable bonds is 8. The Kier molecular flexibility index (Phi) is 8.10. The van der Waals surface area contributed by atoms with Gasteiger partial charge < -0.3 is 5.32 Å². The molecule has 1 aliphatic rings. The van der Waals surface area contributed by atoms with Crippen LogP contribution in [0.3, 0.4) is 0 Å². The fraction of sp³-hybridized carbons (Fsp3) is 0.381. The van der Waals surface area contributed by atoms with Crippen molar-refractivity contribution in [1.29, 1.82) is 0 Å². The van der Waals surface area contributed by atoms with E-state index in [0.29, 0.717) is 19.4 Å². The Hall–Kier alpha value is -1.79. The summed E-state index contributed by atoms with van der Waals surface area (Å²) in [5, 5.41) is 2.71. The molecule has 2 N–H and O–H groups in total. The first-order chi connectivity index (χ1) is 15.1. The van der Waals surface area contributed by atoms with E-state index in [0.717, 1.165) is 10.0 Å². The monoisotopic (exact) mass is 543 g/mol. The van der Waals surface area contributed by atoms with Crippen LogP contribution in [0, 0.1) is 12.8 Å². The molecule has 1 heterocycles. The van der Waals surface area contributed by atoms with Gasteiger partial charge in [-0.15, -0.1) is 0 Å². The zero-order valence-corrected chi connectivity index (χ0v) is 20.8. The van der Waals surface area contributed by atoms with E-state index >= 15 is 0 Å². The fourth-order valence-electron chi connectivity index (χ4n) is 3.45. The number of nitrogens with zero attached hydrogens (tertiary/aromatic N) is 1. The summed E-state index contributed by atoms with van der Waals surface area (Å²) in [6.07, 6.45) is 1.15. The number of hydrogen-bond donors (Lipinski definition) is 2. The Balaban J connectivity index is 1.52. The second kappa shape index (κ2) is 10.4. The molecule has 1 atom stereocenters. The molecule has 0 saturated carbocycles. The van der Waals surface area contributed by atoms with Crippen LogP contribution >= 0.6 is 15.9 Å². The van der Waals surface area contributed by atoms with E-state index in [9.17, 15) is 21.6 Å². The lowest BCUT2D eigenvalue weighted by Gasteiger charge is -2.31. The molecule has 1 aliphatic heterocycles. The van der Waals surface area contributed by atoms with Crippen LogP contribution in [0.2, 0.25) is 0 Å². The number of piperidine rings is 1. The number of amides is 1. The van der Waals surface area contributed by atoms with Crippen LogP contribution < -0.4 is 10.0 Å². The summed E-state index contributed by atoms with van der Waals surface area (Å²) in [7, 11) is -7.34. The van der Waals surface area contributed by atoms with Gasteiger partial charge in [0.1, 0.15) is 0 Å². The molecule has 174 valence electrons. The molecular weight excluding hydrogens is 518 g/mol. The molecule has 8 nitrogen and oxygen atoms in total. The van der Waals surface area contributed by atoms with E-state index in [1.807, 2.05) is 6.92 Å². The summed E-state index contributed by atoms with van der Waals surface area (Å²) in [6, 6.07) is 12.9. The minimum atomic E-state index is -3.68. The van der Waals surface area contributed by atoms with Crippen LogP contribution in [0.25, 0.3) is 0 Å². The lowest BCUT2D eigenvalue weighted by atomic mass is 9.99. The fourth-order valence-corrected chi connectivity index (χ4v) is 6.27. The SMILES string of the molecule is Cc1ccc(S(=O)(=O)NCCNC(=O)[C@H]2CCCN(S(=O)(=O)c3ccc(Br)cc3)C2)cc1. The van der Waals surface area contributed by atoms with E-state index in [4.69, 9.17) is 0 Å². The van der Waals surface area contributed by atoms with Gasteiger partial charge in [0.05, 0.1) is 15.7 Å². The molecule has 2 aromatic carbocycles. The smallest absolute Gasteiger partial charge is 0.243 e. The van der Waals surface area contributed by atoms with Gasteiger partial charge in [-0.25, -0.2) is 21.6 Å². The van der Waals surface area contributed by atoms with Crippen LogP contribution in [0.5, 0.6) is 0 Å². The summed E-state index contributed by atoms with van der Waals surface area (Å²) in [4.78, 5) is 12.9. The lowest BCUT2D eigenvalue weighted by Crippen LogP contribution is -2.46. The lowest BCUT2D eigenvalue weighted by molar-refractivity contribution is -0.126. The number of benzene rings is 2. The van der Waals surface area contributed by atoms with Crippen LogP contribution in [0.15, 0.2) is 62.8 Å². The molecule has 11 heteroatoms. The largest absolute Gasteiger partial charge is 0.355 e. The number of nitrogens with one attached hydrogen (secondary N) is 2. The van der Waals surface area contributed by atoms with Crippen LogP contribution in [0.1, 0.15) is 18.4 Å². The maximum atomic E-state index is 12.9. The van der Waals surface area contributed by atoms with Crippen molar-refractivity contribution in [2.75, 3.05) is 26.2 Å². The first kappa shape index (κ1) is 24.8. The van der Waals surface area contributed by atoms with Crippen molar-refractivity contribution in [3.63, 3.8) is 0 Å². The third-order valence-electron chi connectivity index (χ3n) is 5.25. The Morgan fingerprint density at radius 2 is 1.62 bits per heavy atom. The van der Waals surface area contributed by atoms with Crippen LogP contribution in [-0.4, -0.2) is 53.2 Å². The predicted octanol–water partition coefficient (Wildman–Crippen LogP) is 2.25. The summed E-state index contributed by atoms with van der Waals surface area (Å²) in [6.45, 7) is 2.48. The average molecular weight is 544 g/mol. The molecule has 0 radical (unpaired) electrons. The molecule has 1 fully saturated rings. The molecule has 0 unspecified atom stereocenters. The minimum absolute atomic E-state index is 0.0373. The van der Waals surface area contributed by atoms with Gasteiger partial charge in [0.15, 0.2) is 0 Å². The van der Waals surface area contributed by atoms with Crippen molar-refractivity contribution < 1.29 is 21.6 Å². The molecular formula is C21H26BrN3O5S2. The van der Waals surface area contributed by atoms with Gasteiger partial charge in [0.25, 0.3) is 0 Å². The maximum Gasteiger partial charge on any atom is 0.243 e. The van der Waals surface area contributed by atoms with Gasteiger partial charge in [-0.05, 0) is 56.2 Å². The Morgan fingerprint density at radius 3 is 2.28 bits per heavy atom. The topological polar surface area (TPSA) is 113 Å². The van der Waals surface area contributed by atoms with E-state index < -0.39 is 26.0 Å². The Morgan fingerprint density at radius 1 is 1.00 bits per heavy atom. The average Bonchev–Trinajstić information content (AvgIpc) is 2.77. The summed E-state index contributed by atoms with van der Waals surface area (Å²) >= 11 is 3.29. The second-order valence-electron chi connectivity index (χ2n) is 7.66. The number of carbonyl (C=O) groups is 1. The van der Waals surface area contributed by atoms with Crippen molar-refractivity contribution in [3.05, 3.63) is 58.6 Å². The van der Waals surface area contributed by atoms with Crippen molar-refractivity contribution in [2.45, 2.75) is 29.6 Å². The molecule has 3 rings (SSSR count). The number of halogens is 1. The molecule has 0 spiro atoms. The summed E-state index contributed by atoms with van der Waals surface area (Å²) < 4.78 is 55.0. The Bertz CT molecular complexity index is 1150. The van der Waals surface area contributed by atoms with Gasteiger partial charge >= 0.3 is 0 Å². The maximum absolute atomic E-state index is 12.9. The molecule has 2 aromatic rings. The second-order valence-corrected chi connectivity index (χ2v) is 12.3. The highest BCUT2D eigenvalue weighted by atomic mass is 79.9. The highest BCUT2D eigenvalue weighted by Gasteiger charge is 2.33. The van der Waals surface area contributed by atoms with Crippen LogP contribution in [-0.2, 0) is 24.8 Å². The number of sulfonamides is 2. The number of hydrogen-bond acceptors (Lipinski definition) is 5. The van der Waals surface area contributed by atoms with E-state index in [2.05, 4.69) is 26.0 Å². The van der Waals surface area contributed by atoms with E-state index in [-0.39, 0.29) is 35.3 Å². The zero-order valence-electron chi connectivity index (χ0n) is 17.6. The van der Waals surface area contributed by atoms with Crippen molar-refractivity contribution in [3.8, 4) is 0 Å². The highest BCUT2D eigenvalue weighted by Crippen LogP contribution is 2.25. The third-order valence-corrected chi connectivity index (χ3v) is 9.14.